The molecule has 0 amide bonds. The fourth-order valence-electron chi connectivity index (χ4n) is 0.799. The molecule has 17 heavy (non-hydrogen) atoms. The quantitative estimate of drug-likeness (QED) is 0.184. The molecule has 11 heteroatoms. The third-order valence-corrected chi connectivity index (χ3v) is 1.38. The number of nitro benzene ring substituents is 1. The highest BCUT2D eigenvalue weighted by atomic mass is 31.2. The molecule has 0 bridgehead atoms. The highest BCUT2D eigenvalue weighted by molar-refractivity contribution is 7.45. The first-order valence-corrected chi connectivity index (χ1v) is 5.56. The largest absolute Gasteiger partial charge is 0.488 e. The molecule has 9 nitrogen and oxygen atoms in total. The van der Waals surface area contributed by atoms with Gasteiger partial charge in [0, 0.05) is 12.1 Å². The Morgan fingerprint density at radius 2 is 1.71 bits per heavy atom. The van der Waals surface area contributed by atoms with E-state index in [0.29, 0.717) is 0 Å². The Morgan fingerprint density at radius 3 is 2.06 bits per heavy atom. The molecule has 0 saturated carbocycles. The van der Waals surface area contributed by atoms with Crippen LogP contribution in [0.2, 0.25) is 0 Å². The molecule has 0 aliphatic carbocycles. The van der Waals surface area contributed by atoms with E-state index in [4.69, 9.17) is 29.3 Å². The van der Waals surface area contributed by atoms with Crippen molar-refractivity contribution in [1.29, 1.82) is 0 Å². The predicted octanol–water partition coefficient (Wildman–Crippen LogP) is -1.65. The Morgan fingerprint density at radius 1 is 1.24 bits per heavy atom. The van der Waals surface area contributed by atoms with Crippen LogP contribution in [0.3, 0.4) is 0 Å². The van der Waals surface area contributed by atoms with Gasteiger partial charge in [-0.3, -0.25) is 10.1 Å². The minimum Gasteiger partial charge on any atom is -0.423 e. The molecule has 0 atom stereocenters. The van der Waals surface area contributed by atoms with Gasteiger partial charge in [0.15, 0.2) is 0 Å². The fourth-order valence-corrected chi connectivity index (χ4v) is 0.799. The van der Waals surface area contributed by atoms with Gasteiger partial charge in [0.2, 0.25) is 0 Å². The molecule has 0 heterocycles. The van der Waals surface area contributed by atoms with E-state index < -0.39 is 19.9 Å². The second-order valence-corrected chi connectivity index (χ2v) is 3.77. The zero-order valence-corrected chi connectivity index (χ0v) is 9.14. The number of nitro groups is 1. The maximum absolute atomic E-state index is 10.2. The van der Waals surface area contributed by atoms with Crippen LogP contribution in [0.25, 0.3) is 0 Å². The number of hydrogen-bond acceptors (Lipinski definition) is 5. The molecular weight excluding hydrogens is 256 g/mol. The zero-order chi connectivity index (χ0) is 13.6. The molecule has 0 fully saturated rings. The van der Waals surface area contributed by atoms with Crippen molar-refractivity contribution in [3.05, 3.63) is 34.4 Å². The summed E-state index contributed by atoms with van der Waals surface area (Å²) in [6.45, 7) is 0. The van der Waals surface area contributed by atoms with Crippen molar-refractivity contribution in [3.8, 4) is 0 Å². The Bertz CT molecular complexity index is 424. The molecule has 1 rings (SSSR count). The maximum atomic E-state index is 10.2. The summed E-state index contributed by atoms with van der Waals surface area (Å²) in [5.41, 5.74) is -0.0372. The number of rotatable bonds is 2. The zero-order valence-electron chi connectivity index (χ0n) is 8.24. The summed E-state index contributed by atoms with van der Waals surface area (Å²) >= 11 is 0. The van der Waals surface area contributed by atoms with Gasteiger partial charge in [0.05, 0.1) is 4.92 Å². The Labute approximate surface area is 95.5 Å². The highest BCUT2D eigenvalue weighted by Crippen LogP contribution is 2.25. The summed E-state index contributed by atoms with van der Waals surface area (Å²) < 4.78 is 8.88. The van der Waals surface area contributed by atoms with Gasteiger partial charge in [0.1, 0.15) is 0 Å². The second-order valence-electron chi connectivity index (χ2n) is 2.74. The van der Waals surface area contributed by atoms with E-state index in [1.807, 2.05) is 0 Å². The van der Waals surface area contributed by atoms with Crippen LogP contribution in [-0.2, 0) is 4.57 Å². The van der Waals surface area contributed by atoms with E-state index in [0.717, 1.165) is 6.07 Å². The molecule has 0 radical (unpaired) electrons. The van der Waals surface area contributed by atoms with E-state index in [2.05, 4.69) is 0 Å². The van der Waals surface area contributed by atoms with Crippen LogP contribution in [-0.4, -0.2) is 36.8 Å². The van der Waals surface area contributed by atoms with Crippen molar-refractivity contribution in [2.45, 2.75) is 0 Å². The van der Waals surface area contributed by atoms with Crippen molar-refractivity contribution >= 4 is 26.1 Å². The molecule has 1 aromatic rings. The standard InChI is InChI=1S/C6H6BNO4.H3O4P/c9-7(10)5-2-1-3-6(4-5)8(11)12;1-5(2,3)4/h1-4,9-10H;(H3,1,2,3,4). The van der Waals surface area contributed by atoms with Gasteiger partial charge in [-0.1, -0.05) is 12.1 Å². The summed E-state index contributed by atoms with van der Waals surface area (Å²) in [5, 5.41) is 27.5. The van der Waals surface area contributed by atoms with Crippen LogP contribution in [0.4, 0.5) is 5.69 Å². The van der Waals surface area contributed by atoms with Crippen LogP contribution in [0, 0.1) is 10.1 Å². The van der Waals surface area contributed by atoms with Crippen molar-refractivity contribution in [2.24, 2.45) is 0 Å². The molecule has 0 aliphatic rings. The van der Waals surface area contributed by atoms with Crippen LogP contribution in [0.15, 0.2) is 24.3 Å². The van der Waals surface area contributed by atoms with Crippen molar-refractivity contribution in [3.63, 3.8) is 0 Å². The first-order valence-electron chi connectivity index (χ1n) is 4.00. The SMILES string of the molecule is O=P(O)(O)O.O=[N+]([O-])c1cccc(B(O)O)c1. The molecule has 0 spiro atoms. The second kappa shape index (κ2) is 6.45. The minimum atomic E-state index is -4.64. The normalized spacial score (nSPS) is 10.2. The summed E-state index contributed by atoms with van der Waals surface area (Å²) in [4.78, 5) is 31.2. The lowest BCUT2D eigenvalue weighted by molar-refractivity contribution is -0.384. The van der Waals surface area contributed by atoms with Gasteiger partial charge in [-0.15, -0.1) is 0 Å². The predicted molar refractivity (Wildman–Crippen MR) is 57.2 cm³/mol. The Balaban J connectivity index is 0.000000437. The average molecular weight is 265 g/mol. The van der Waals surface area contributed by atoms with E-state index in [1.165, 1.54) is 18.2 Å². The maximum Gasteiger partial charge on any atom is 0.488 e. The number of nitrogens with zero attached hydrogens (tertiary/aromatic N) is 1. The van der Waals surface area contributed by atoms with E-state index in [-0.39, 0.29) is 11.2 Å². The lowest BCUT2D eigenvalue weighted by Crippen LogP contribution is -2.29. The summed E-state index contributed by atoms with van der Waals surface area (Å²) in [5.74, 6) is 0. The third kappa shape index (κ3) is 8.51. The van der Waals surface area contributed by atoms with E-state index in [1.54, 1.807) is 0 Å². The van der Waals surface area contributed by atoms with Crippen LogP contribution >= 0.6 is 7.82 Å². The van der Waals surface area contributed by atoms with Crippen LogP contribution < -0.4 is 5.46 Å². The monoisotopic (exact) mass is 265 g/mol. The van der Waals surface area contributed by atoms with Gasteiger partial charge in [-0.2, -0.15) is 0 Å². The fraction of sp³-hybridized carbons (Fsp3) is 0. The van der Waals surface area contributed by atoms with Crippen molar-refractivity contribution in [2.75, 3.05) is 0 Å². The van der Waals surface area contributed by atoms with Gasteiger partial charge >= 0.3 is 14.9 Å². The van der Waals surface area contributed by atoms with Crippen LogP contribution in [0.5, 0.6) is 0 Å². The smallest absolute Gasteiger partial charge is 0.423 e. The Hall–Kier alpha value is -1.29. The molecule has 0 saturated heterocycles. The number of phosphoric acid groups is 1. The first-order chi connectivity index (χ1) is 7.61. The number of benzene rings is 1. The lowest BCUT2D eigenvalue weighted by atomic mass is 9.80. The van der Waals surface area contributed by atoms with Gasteiger partial charge < -0.3 is 24.7 Å². The molecule has 1 aromatic carbocycles. The summed E-state index contributed by atoms with van der Waals surface area (Å²) in [6, 6.07) is 5.20. The third-order valence-electron chi connectivity index (χ3n) is 1.38. The molecule has 0 unspecified atom stereocenters. The Kier molecular flexibility index (Phi) is 5.96. The van der Waals surface area contributed by atoms with Gasteiger partial charge in [-0.05, 0) is 5.46 Å². The first kappa shape index (κ1) is 15.7. The molecule has 5 N–H and O–H groups in total. The number of hydrogen-bond donors (Lipinski definition) is 5. The molecule has 94 valence electrons. The molecular formula is C6H9BNO8P. The average Bonchev–Trinajstić information content (AvgIpc) is 2.15. The van der Waals surface area contributed by atoms with Gasteiger partial charge in [0.25, 0.3) is 5.69 Å². The van der Waals surface area contributed by atoms with Gasteiger partial charge in [-0.25, -0.2) is 4.57 Å². The summed E-state index contributed by atoms with van der Waals surface area (Å²) in [7, 11) is -6.30. The van der Waals surface area contributed by atoms with E-state index >= 15 is 0 Å². The molecule has 0 aromatic heterocycles. The highest BCUT2D eigenvalue weighted by Gasteiger charge is 2.14. The topological polar surface area (TPSA) is 161 Å². The minimum absolute atomic E-state index is 0.115. The van der Waals surface area contributed by atoms with Crippen molar-refractivity contribution in [1.82, 2.24) is 0 Å². The number of non-ortho nitro benzene ring substituents is 1. The van der Waals surface area contributed by atoms with E-state index in [9.17, 15) is 10.1 Å². The lowest BCUT2D eigenvalue weighted by Gasteiger charge is -1.97. The molecule has 0 aliphatic heterocycles. The summed E-state index contributed by atoms with van der Waals surface area (Å²) in [6.07, 6.45) is 0. The van der Waals surface area contributed by atoms with Crippen LogP contribution in [0.1, 0.15) is 0 Å². The van der Waals surface area contributed by atoms with Crippen molar-refractivity contribution < 1.29 is 34.2 Å².